The summed E-state index contributed by atoms with van der Waals surface area (Å²) < 4.78 is 46.8. The summed E-state index contributed by atoms with van der Waals surface area (Å²) in [5.74, 6) is -1.16. The number of sulfonamides is 1. The predicted molar refractivity (Wildman–Crippen MR) is 228 cm³/mol. The van der Waals surface area contributed by atoms with Crippen molar-refractivity contribution < 1.29 is 41.8 Å². The molecular formula is C45H62N6O9S. The molecular weight excluding hydrogens is 801 g/mol. The smallest absolute Gasteiger partial charge is 0.408 e. The van der Waals surface area contributed by atoms with Crippen molar-refractivity contribution in [3.05, 3.63) is 42.5 Å². The van der Waals surface area contributed by atoms with E-state index in [9.17, 15) is 27.6 Å². The molecule has 1 aromatic carbocycles. The maximum Gasteiger partial charge on any atom is 0.408 e. The molecule has 332 valence electrons. The molecule has 0 unspecified atom stereocenters. The number of nitrogens with zero attached hydrogens (tertiary/aromatic N) is 3. The van der Waals surface area contributed by atoms with Crippen LogP contribution in [0, 0.1) is 17.3 Å². The van der Waals surface area contributed by atoms with Crippen LogP contribution >= 0.6 is 0 Å². The van der Waals surface area contributed by atoms with Crippen molar-refractivity contribution in [3.63, 3.8) is 0 Å². The monoisotopic (exact) mass is 862 g/mol. The van der Waals surface area contributed by atoms with Crippen molar-refractivity contribution in [1.82, 2.24) is 30.1 Å². The second kappa shape index (κ2) is 16.7. The third kappa shape index (κ3) is 9.07. The summed E-state index contributed by atoms with van der Waals surface area (Å²) in [4.78, 5) is 65.5. The molecule has 61 heavy (non-hydrogen) atoms. The number of fused-ring (bicyclic) bond motifs is 5. The number of benzene rings is 1. The van der Waals surface area contributed by atoms with E-state index in [-0.39, 0.29) is 31.4 Å². The fourth-order valence-corrected chi connectivity index (χ4v) is 10.6. The van der Waals surface area contributed by atoms with Gasteiger partial charge < -0.3 is 29.7 Å². The Kier molecular flexibility index (Phi) is 11.8. The van der Waals surface area contributed by atoms with Crippen LogP contribution in [0.2, 0.25) is 0 Å². The third-order valence-electron chi connectivity index (χ3n) is 13.8. The highest BCUT2D eigenvalue weighted by Gasteiger charge is 2.63. The van der Waals surface area contributed by atoms with Gasteiger partial charge in [-0.05, 0) is 101 Å². The zero-order valence-electron chi connectivity index (χ0n) is 36.0. The summed E-state index contributed by atoms with van der Waals surface area (Å²) in [5.41, 5.74) is -0.833. The van der Waals surface area contributed by atoms with Gasteiger partial charge in [0.05, 0.1) is 22.4 Å². The molecule has 0 radical (unpaired) electrons. The Morgan fingerprint density at radius 3 is 2.52 bits per heavy atom. The number of hydrogen-bond acceptors (Lipinski definition) is 11. The molecule has 3 aliphatic carbocycles. The summed E-state index contributed by atoms with van der Waals surface area (Å²) in [5, 5.41) is 6.59. The number of carbonyl (C=O) groups is 4. The van der Waals surface area contributed by atoms with Gasteiger partial charge in [0, 0.05) is 24.3 Å². The molecule has 2 aromatic rings. The number of carbonyl (C=O) groups excluding carboxylic acids is 4. The van der Waals surface area contributed by atoms with Crippen molar-refractivity contribution in [2.24, 2.45) is 17.3 Å². The Morgan fingerprint density at radius 1 is 1.07 bits per heavy atom. The Bertz CT molecular complexity index is 2170. The standard InChI is InChI=1S/C45H62N6O9S/c1-6-29-26-45(29,41(54)49-61(56,57)44(5)18-19-44)48-38(52)34-25-30-27-51(34)40(53)37(43(2,3)4)47-42(55)60-35-24-28(35)14-8-7-9-16-32-36(58-23-22-50-20-12-13-21-50)31-15-10-11-17-33(31)46-39(32)59-30/h6,10-11,15,17,28-30,34-35,37H,1,7-9,12-14,16,18-27H2,2-5H3,(H,47,55)(H,48,52)(H,49,54)/t28-,29-,30-,34+,35-,37-,45-/m1/s1. The third-order valence-corrected chi connectivity index (χ3v) is 15.9. The Labute approximate surface area is 359 Å². The van der Waals surface area contributed by atoms with Gasteiger partial charge >= 0.3 is 6.09 Å². The van der Waals surface area contributed by atoms with E-state index in [0.29, 0.717) is 37.3 Å². The van der Waals surface area contributed by atoms with Crippen LogP contribution in [-0.2, 0) is 35.6 Å². The van der Waals surface area contributed by atoms with Gasteiger partial charge in [-0.15, -0.1) is 6.58 Å². The van der Waals surface area contributed by atoms with Crippen LogP contribution in [0.4, 0.5) is 4.79 Å². The predicted octanol–water partition coefficient (Wildman–Crippen LogP) is 4.76. The molecule has 3 saturated carbocycles. The minimum absolute atomic E-state index is 0.0269. The normalized spacial score (nSPS) is 30.3. The zero-order valence-corrected chi connectivity index (χ0v) is 36.8. The fourth-order valence-electron chi connectivity index (χ4n) is 9.27. The van der Waals surface area contributed by atoms with Crippen molar-refractivity contribution in [2.45, 2.75) is 139 Å². The van der Waals surface area contributed by atoms with Crippen molar-refractivity contribution in [3.8, 4) is 11.6 Å². The maximum atomic E-state index is 14.8. The Morgan fingerprint density at radius 2 is 1.82 bits per heavy atom. The van der Waals surface area contributed by atoms with E-state index in [1.54, 1.807) is 6.92 Å². The molecule has 16 heteroatoms. The molecule has 2 bridgehead atoms. The lowest BCUT2D eigenvalue weighted by Crippen LogP contribution is -2.60. The van der Waals surface area contributed by atoms with Gasteiger partial charge in [-0.25, -0.2) is 18.2 Å². The van der Waals surface area contributed by atoms with Gasteiger partial charge in [0.25, 0.3) is 5.91 Å². The topological polar surface area (TPSA) is 186 Å². The van der Waals surface area contributed by atoms with E-state index in [0.717, 1.165) is 68.4 Å². The highest BCUT2D eigenvalue weighted by Crippen LogP contribution is 2.47. The van der Waals surface area contributed by atoms with Crippen LogP contribution in [0.5, 0.6) is 11.6 Å². The molecule has 3 N–H and O–H groups in total. The number of likely N-dealkylation sites (tertiary alicyclic amines) is 1. The lowest BCUT2D eigenvalue weighted by Gasteiger charge is -2.35. The van der Waals surface area contributed by atoms with E-state index in [4.69, 9.17) is 19.2 Å². The number of hydrogen-bond donors (Lipinski definition) is 3. The first-order chi connectivity index (χ1) is 29.0. The second-order valence-corrected chi connectivity index (χ2v) is 21.7. The summed E-state index contributed by atoms with van der Waals surface area (Å²) in [6, 6.07) is 5.59. The van der Waals surface area contributed by atoms with E-state index in [1.807, 2.05) is 45.0 Å². The SMILES string of the molecule is C=C[C@@H]1C[C@]1(NC(=O)[C@@H]1C[C@@H]2CN1C(=O)[C@H](C(C)(C)C)NC(=O)O[C@@H]1C[C@H]1CCCCCc1c(nc3ccccc3c1OCCN1CCCC1)O2)C(=O)NS(=O)(=O)C1(C)CC1. The molecule has 0 spiro atoms. The molecule has 2 saturated heterocycles. The van der Waals surface area contributed by atoms with E-state index >= 15 is 0 Å². The Hall–Kier alpha value is -4.44. The average molecular weight is 863 g/mol. The van der Waals surface area contributed by atoms with Crippen LogP contribution in [0.3, 0.4) is 0 Å². The lowest BCUT2D eigenvalue weighted by atomic mass is 9.85. The molecule has 7 atom stereocenters. The maximum absolute atomic E-state index is 14.8. The van der Waals surface area contributed by atoms with Crippen LogP contribution in [0.25, 0.3) is 10.9 Å². The molecule has 4 amide bonds. The van der Waals surface area contributed by atoms with Crippen LogP contribution in [0.15, 0.2) is 36.9 Å². The number of nitrogens with one attached hydrogen (secondary N) is 3. The summed E-state index contributed by atoms with van der Waals surface area (Å²) in [6.45, 7) is 14.3. The van der Waals surface area contributed by atoms with Gasteiger partial charge in [0.1, 0.15) is 42.2 Å². The summed E-state index contributed by atoms with van der Waals surface area (Å²) >= 11 is 0. The quantitative estimate of drug-likeness (QED) is 0.280. The summed E-state index contributed by atoms with van der Waals surface area (Å²) in [6.07, 6.45) is 8.35. The number of pyridine rings is 1. The Balaban J connectivity index is 1.13. The van der Waals surface area contributed by atoms with E-state index in [1.165, 1.54) is 23.8 Å². The molecule has 6 aliphatic rings. The van der Waals surface area contributed by atoms with Crippen LogP contribution in [0.1, 0.15) is 104 Å². The first-order valence-electron chi connectivity index (χ1n) is 22.2. The van der Waals surface area contributed by atoms with Crippen molar-refractivity contribution >= 4 is 44.7 Å². The number of amides is 4. The van der Waals surface area contributed by atoms with Gasteiger partial charge in [-0.3, -0.25) is 24.0 Å². The van der Waals surface area contributed by atoms with Gasteiger partial charge in [0.2, 0.25) is 27.7 Å². The first kappa shape index (κ1) is 43.2. The zero-order chi connectivity index (χ0) is 43.3. The van der Waals surface area contributed by atoms with Crippen LogP contribution < -0.4 is 24.8 Å². The molecule has 4 heterocycles. The van der Waals surface area contributed by atoms with E-state index < -0.39 is 73.6 Å². The minimum atomic E-state index is -4.01. The minimum Gasteiger partial charge on any atom is -0.491 e. The molecule has 15 nitrogen and oxygen atoms in total. The lowest BCUT2D eigenvalue weighted by molar-refractivity contribution is -0.142. The number of rotatable bonds is 10. The number of alkyl carbamates (subject to hydrolysis) is 1. The van der Waals surface area contributed by atoms with Gasteiger partial charge in [-0.2, -0.15) is 0 Å². The van der Waals surface area contributed by atoms with Crippen molar-refractivity contribution in [1.29, 1.82) is 0 Å². The fraction of sp³-hybridized carbons (Fsp3) is 0.667. The van der Waals surface area contributed by atoms with Gasteiger partial charge in [0.15, 0.2) is 0 Å². The average Bonchev–Trinajstić information content (AvgIpc) is 4.16. The summed E-state index contributed by atoms with van der Waals surface area (Å²) in [7, 11) is -4.01. The molecule has 8 rings (SSSR count). The van der Waals surface area contributed by atoms with Crippen LogP contribution in [-0.4, -0.2) is 114 Å². The highest BCUT2D eigenvalue weighted by atomic mass is 32.2. The highest BCUT2D eigenvalue weighted by molar-refractivity contribution is 7.91. The molecule has 5 fully saturated rings. The number of aromatic nitrogens is 1. The largest absolute Gasteiger partial charge is 0.491 e. The molecule has 3 aliphatic heterocycles. The second-order valence-electron chi connectivity index (χ2n) is 19.5. The van der Waals surface area contributed by atoms with E-state index in [2.05, 4.69) is 26.8 Å². The number of para-hydroxylation sites is 1. The number of ether oxygens (including phenoxy) is 3. The first-order valence-corrected chi connectivity index (χ1v) is 23.7. The van der Waals surface area contributed by atoms with Crippen molar-refractivity contribution in [2.75, 3.05) is 32.8 Å². The van der Waals surface area contributed by atoms with Gasteiger partial charge in [-0.1, -0.05) is 51.8 Å². The molecule has 1 aromatic heterocycles.